The Bertz CT molecular complexity index is 2590. The summed E-state index contributed by atoms with van der Waals surface area (Å²) in [5, 5.41) is 17.5. The molecule has 0 N–H and O–H groups in total. The van der Waals surface area contributed by atoms with Crippen LogP contribution in [0.25, 0.3) is 0 Å². The highest BCUT2D eigenvalue weighted by Crippen LogP contribution is 2.66. The van der Waals surface area contributed by atoms with Gasteiger partial charge in [-0.3, -0.25) is 19.0 Å². The van der Waals surface area contributed by atoms with Crippen LogP contribution in [0.15, 0.2) is 101 Å². The fraction of sp³-hybridized carbons (Fsp3) is 0.286. The average molecular weight is 1140 g/mol. The highest BCUT2D eigenvalue weighted by molar-refractivity contribution is 8.44. The van der Waals surface area contributed by atoms with Gasteiger partial charge in [0.25, 0.3) is 0 Å². The zero-order valence-corrected chi connectivity index (χ0v) is 47.3. The van der Waals surface area contributed by atoms with Gasteiger partial charge in [0.2, 0.25) is 5.78 Å². The van der Waals surface area contributed by atoms with Crippen molar-refractivity contribution in [2.24, 2.45) is 0 Å². The van der Waals surface area contributed by atoms with E-state index >= 15 is 0 Å². The first-order valence-electron chi connectivity index (χ1n) is 19.7. The second-order valence-electron chi connectivity index (χ2n) is 13.8. The molecule has 4 aromatic rings. The zero-order chi connectivity index (χ0) is 45.9. The fourth-order valence-electron chi connectivity index (χ4n) is 6.81. The number of carbonyl (C=O) groups is 2. The summed E-state index contributed by atoms with van der Waals surface area (Å²) in [4.78, 5) is 31.0. The number of benzene rings is 2. The molecule has 2 aromatic heterocycles. The number of fused-ring (bicyclic) bond motifs is 2. The van der Waals surface area contributed by atoms with Gasteiger partial charge in [0.05, 0.1) is 65.9 Å². The number of nitrogens with zero attached hydrogens (tertiary/aromatic N) is 6. The van der Waals surface area contributed by atoms with E-state index in [1.807, 2.05) is 163 Å². The number of rotatable bonds is 18. The lowest BCUT2D eigenvalue weighted by atomic mass is 9.83. The van der Waals surface area contributed by atoms with Crippen LogP contribution >= 0.6 is 165 Å². The molecular weight excluding hydrogens is 1100 g/mol. The van der Waals surface area contributed by atoms with Gasteiger partial charge in [-0.05, 0) is 49.7 Å². The second kappa shape index (κ2) is 23.0. The van der Waals surface area contributed by atoms with Gasteiger partial charge in [-0.15, -0.1) is 80.8 Å². The summed E-state index contributed by atoms with van der Waals surface area (Å²) in [7, 11) is 0. The Morgan fingerprint density at radius 1 is 0.485 bits per heavy atom. The molecule has 4 aliphatic heterocycles. The zero-order valence-electron chi connectivity index (χ0n) is 35.9. The number of carbonyl (C=O) groups excluding carboxylic acids is 2. The van der Waals surface area contributed by atoms with Crippen molar-refractivity contribution in [2.45, 2.75) is 39.1 Å². The number of ketones is 2. The SMILES string of the molecule is CSC1=C(CCn2cc(COc3cccc4c3C(=O)c3c(OCc5cn(CCC6=C(SC)SC(=C7SC(SC)=C(SC)S7)S6)nn5)cccc3C4=O)nn2)SC(=C2SC(SC)=C(SC)S2)S1. The minimum Gasteiger partial charge on any atom is -0.486 e. The smallest absolute Gasteiger partial charge is 0.201 e. The molecule has 0 saturated heterocycles. The molecule has 0 saturated carbocycles. The molecule has 24 heteroatoms. The normalized spacial score (nSPS) is 17.5. The topological polar surface area (TPSA) is 114 Å². The lowest BCUT2D eigenvalue weighted by Crippen LogP contribution is -2.23. The monoisotopic (exact) mass is 1140 g/mol. The lowest BCUT2D eigenvalue weighted by molar-refractivity contribution is 0.0971. The van der Waals surface area contributed by atoms with Crippen molar-refractivity contribution in [2.75, 3.05) is 37.5 Å². The van der Waals surface area contributed by atoms with Gasteiger partial charge in [0.15, 0.2) is 5.78 Å². The Morgan fingerprint density at radius 3 is 1.23 bits per heavy atom. The van der Waals surface area contributed by atoms with Crippen LogP contribution in [0, 0.1) is 0 Å². The third-order valence-electron chi connectivity index (χ3n) is 9.83. The summed E-state index contributed by atoms with van der Waals surface area (Å²) in [5.41, 5.74) is 2.24. The number of aryl methyl sites for hydroxylation is 2. The maximum absolute atomic E-state index is 14.4. The van der Waals surface area contributed by atoms with Gasteiger partial charge >= 0.3 is 0 Å². The van der Waals surface area contributed by atoms with Crippen LogP contribution in [0.4, 0.5) is 0 Å². The standard InChI is InChI=1S/C42H38N6O4S14/c1-53-33-27(59-39(61-33)41-63-35(55-3)36(56-4)64-41)13-15-47-17-21(43-45-47)19-51-25-11-7-9-23-29(25)32(50)30-24(31(23)49)10-8-12-26(30)52-20-22-18-48(46-44-22)16-14-28-34(54-2)62-40(60-28)42-65-37(57-5)38(58-6)66-42/h7-12,17-18H,13-16,19-20H2,1-6H3. The van der Waals surface area contributed by atoms with Crippen LogP contribution in [-0.4, -0.2) is 79.1 Å². The van der Waals surface area contributed by atoms with Crippen LogP contribution in [0.3, 0.4) is 0 Å². The Morgan fingerprint density at radius 2 is 0.848 bits per heavy atom. The maximum Gasteiger partial charge on any atom is 0.201 e. The van der Waals surface area contributed by atoms with Crippen molar-refractivity contribution in [1.29, 1.82) is 0 Å². The van der Waals surface area contributed by atoms with Crippen molar-refractivity contribution in [3.05, 3.63) is 135 Å². The van der Waals surface area contributed by atoms with Crippen LogP contribution in [0.5, 0.6) is 11.5 Å². The molecule has 9 rings (SSSR count). The van der Waals surface area contributed by atoms with Gasteiger partial charge in [0.1, 0.15) is 36.1 Å². The van der Waals surface area contributed by atoms with E-state index in [0.717, 1.165) is 12.8 Å². The summed E-state index contributed by atoms with van der Waals surface area (Å²) in [5.74, 6) is 0.00740. The van der Waals surface area contributed by atoms with E-state index in [-0.39, 0.29) is 35.9 Å². The third kappa shape index (κ3) is 10.9. The summed E-state index contributed by atoms with van der Waals surface area (Å²) >= 11 is 25.8. The molecule has 6 heterocycles. The van der Waals surface area contributed by atoms with Crippen molar-refractivity contribution in [1.82, 2.24) is 30.0 Å². The summed E-state index contributed by atoms with van der Waals surface area (Å²) in [6.07, 6.45) is 18.3. The van der Waals surface area contributed by atoms with Crippen LogP contribution < -0.4 is 9.47 Å². The number of hydrogen-bond acceptors (Lipinski definition) is 22. The molecular formula is C42H38N6O4S14. The lowest BCUT2D eigenvalue weighted by Gasteiger charge is -2.22. The van der Waals surface area contributed by atoms with Gasteiger partial charge < -0.3 is 9.47 Å². The molecule has 0 radical (unpaired) electrons. The number of ether oxygens (including phenoxy) is 2. The molecule has 0 fully saturated rings. The predicted octanol–water partition coefficient (Wildman–Crippen LogP) is 14.5. The van der Waals surface area contributed by atoms with E-state index in [0.29, 0.717) is 47.1 Å². The van der Waals surface area contributed by atoms with Crippen molar-refractivity contribution in [3.8, 4) is 11.5 Å². The van der Waals surface area contributed by atoms with Gasteiger partial charge in [-0.1, -0.05) is 129 Å². The van der Waals surface area contributed by atoms with Crippen LogP contribution in [-0.2, 0) is 26.3 Å². The van der Waals surface area contributed by atoms with Gasteiger partial charge in [-0.2, -0.15) is 0 Å². The van der Waals surface area contributed by atoms with E-state index in [1.54, 1.807) is 59.9 Å². The summed E-state index contributed by atoms with van der Waals surface area (Å²) in [6, 6.07) is 10.2. The molecule has 344 valence electrons. The molecule has 0 amide bonds. The van der Waals surface area contributed by atoms with E-state index in [2.05, 4.69) is 58.2 Å². The van der Waals surface area contributed by atoms with Gasteiger partial charge in [-0.25, -0.2) is 0 Å². The van der Waals surface area contributed by atoms with E-state index < -0.39 is 0 Å². The van der Waals surface area contributed by atoms with Gasteiger partial charge in [0, 0.05) is 46.9 Å². The first-order chi connectivity index (χ1) is 32.2. The van der Waals surface area contributed by atoms with E-state index in [4.69, 9.17) is 9.47 Å². The molecule has 10 nitrogen and oxygen atoms in total. The highest BCUT2D eigenvalue weighted by Gasteiger charge is 2.36. The Kier molecular flexibility index (Phi) is 17.4. The number of allylic oxidation sites excluding steroid dienone is 2. The Balaban J connectivity index is 0.810. The molecule has 66 heavy (non-hydrogen) atoms. The Labute approximate surface area is 443 Å². The first-order valence-corrected chi connectivity index (χ1v) is 33.6. The van der Waals surface area contributed by atoms with Crippen LogP contribution in [0.2, 0.25) is 0 Å². The fourth-order valence-corrected chi connectivity index (χ4v) is 25.0. The van der Waals surface area contributed by atoms with E-state index in [1.165, 1.54) is 52.2 Å². The molecule has 0 unspecified atom stereocenters. The second-order valence-corrected chi connectivity index (χ2v) is 29.6. The number of hydrogen-bond donors (Lipinski definition) is 0. The molecule has 0 bridgehead atoms. The molecule has 1 aliphatic carbocycles. The summed E-state index contributed by atoms with van der Waals surface area (Å²) in [6.45, 7) is 1.49. The molecule has 2 aromatic carbocycles. The third-order valence-corrected chi connectivity index (χ3v) is 29.3. The predicted molar refractivity (Wildman–Crippen MR) is 302 cm³/mol. The maximum atomic E-state index is 14.4. The summed E-state index contributed by atoms with van der Waals surface area (Å²) < 4.78 is 29.8. The van der Waals surface area contributed by atoms with Crippen molar-refractivity contribution >= 4 is 176 Å². The minimum atomic E-state index is -0.338. The molecule has 0 atom stereocenters. The average Bonchev–Trinajstić information content (AvgIpc) is 4.22. The largest absolute Gasteiger partial charge is 0.486 e. The van der Waals surface area contributed by atoms with Crippen molar-refractivity contribution in [3.63, 3.8) is 0 Å². The molecule has 5 aliphatic rings. The minimum absolute atomic E-state index is 0.0786. The number of thioether (sulfide) groups is 14. The first kappa shape index (κ1) is 50.0. The Hall–Kier alpha value is -1.000. The van der Waals surface area contributed by atoms with E-state index in [9.17, 15) is 9.59 Å². The van der Waals surface area contributed by atoms with Crippen molar-refractivity contribution < 1.29 is 19.1 Å². The highest BCUT2D eigenvalue weighted by atomic mass is 32.3. The molecule has 0 spiro atoms. The number of aromatic nitrogens is 6. The van der Waals surface area contributed by atoms with Crippen LogP contribution in [0.1, 0.15) is 56.1 Å². The quantitative estimate of drug-likeness (QED) is 0.0828.